The number of amides is 3. The summed E-state index contributed by atoms with van der Waals surface area (Å²) in [4.78, 5) is 30.2. The van der Waals surface area contributed by atoms with Crippen LogP contribution in [-0.2, 0) is 4.79 Å². The van der Waals surface area contributed by atoms with Crippen molar-refractivity contribution in [2.45, 2.75) is 13.8 Å². The predicted octanol–water partition coefficient (Wildman–Crippen LogP) is 2.82. The number of ether oxygens (including phenoxy) is 1. The average molecular weight is 369 g/mol. The maximum atomic E-state index is 12.4. The fraction of sp³-hybridized carbons (Fsp3) is 0.429. The van der Waals surface area contributed by atoms with Crippen LogP contribution in [0.1, 0.15) is 13.8 Å². The number of carbonyl (C=O) groups excluding carboxylic acids is 2. The topological polar surface area (TPSA) is 53.1 Å². The zero-order valence-corrected chi connectivity index (χ0v) is 16.1. The van der Waals surface area contributed by atoms with E-state index in [1.807, 2.05) is 61.2 Å². The fourth-order valence-corrected chi connectivity index (χ4v) is 3.33. The van der Waals surface area contributed by atoms with Gasteiger partial charge in [-0.05, 0) is 36.8 Å². The molecule has 0 spiro atoms. The van der Waals surface area contributed by atoms with Gasteiger partial charge < -0.3 is 19.4 Å². The third kappa shape index (κ3) is 4.51. The molecule has 2 aromatic carbocycles. The van der Waals surface area contributed by atoms with Gasteiger partial charge in [0.15, 0.2) is 6.61 Å². The highest BCUT2D eigenvalue weighted by Gasteiger charge is 2.26. The van der Waals surface area contributed by atoms with Gasteiger partial charge in [-0.1, -0.05) is 30.3 Å². The average Bonchev–Trinajstić information content (AvgIpc) is 2.72. The van der Waals surface area contributed by atoms with E-state index >= 15 is 0 Å². The molecule has 1 aliphatic heterocycles. The smallest absolute Gasteiger partial charge is 0.320 e. The number of rotatable bonds is 5. The summed E-state index contributed by atoms with van der Waals surface area (Å²) in [5.74, 6) is 0.649. The Morgan fingerprint density at radius 3 is 2.22 bits per heavy atom. The van der Waals surface area contributed by atoms with Crippen molar-refractivity contribution in [2.24, 2.45) is 0 Å². The van der Waals surface area contributed by atoms with Crippen molar-refractivity contribution in [3.8, 4) is 5.75 Å². The number of urea groups is 1. The molecule has 2 aromatic rings. The highest BCUT2D eigenvalue weighted by molar-refractivity contribution is 5.84. The van der Waals surface area contributed by atoms with Crippen LogP contribution in [-0.4, -0.2) is 72.5 Å². The summed E-state index contributed by atoms with van der Waals surface area (Å²) < 4.78 is 5.70. The van der Waals surface area contributed by atoms with E-state index in [0.717, 1.165) is 10.8 Å². The van der Waals surface area contributed by atoms with Gasteiger partial charge in [0.25, 0.3) is 5.91 Å². The maximum Gasteiger partial charge on any atom is 0.320 e. The summed E-state index contributed by atoms with van der Waals surface area (Å²) in [7, 11) is 0. The highest BCUT2D eigenvalue weighted by Crippen LogP contribution is 2.20. The first kappa shape index (κ1) is 19.0. The number of nitrogens with zero attached hydrogens (tertiary/aromatic N) is 3. The first-order chi connectivity index (χ1) is 13.1. The van der Waals surface area contributed by atoms with Gasteiger partial charge in [-0.3, -0.25) is 4.79 Å². The minimum Gasteiger partial charge on any atom is -0.484 e. The lowest BCUT2D eigenvalue weighted by Crippen LogP contribution is -2.54. The standard InChI is InChI=1S/C21H27N3O3/c1-3-22(4-2)21(26)24-13-11-23(12-14-24)20(25)16-27-19-10-9-17-7-5-6-8-18(17)15-19/h5-10,15H,3-4,11-14,16H2,1-2H3. The molecule has 1 aliphatic rings. The molecular weight excluding hydrogens is 342 g/mol. The van der Waals surface area contributed by atoms with Crippen LogP contribution in [0.4, 0.5) is 4.79 Å². The number of benzene rings is 2. The molecule has 6 heteroatoms. The number of hydrogen-bond donors (Lipinski definition) is 0. The quantitative estimate of drug-likeness (QED) is 0.814. The molecule has 1 heterocycles. The van der Waals surface area contributed by atoms with Crippen LogP contribution in [0.15, 0.2) is 42.5 Å². The molecular formula is C21H27N3O3. The first-order valence-corrected chi connectivity index (χ1v) is 9.55. The van der Waals surface area contributed by atoms with Crippen molar-refractivity contribution in [3.63, 3.8) is 0 Å². The maximum absolute atomic E-state index is 12.4. The van der Waals surface area contributed by atoms with Gasteiger partial charge in [0, 0.05) is 39.3 Å². The third-order valence-corrected chi connectivity index (χ3v) is 5.02. The third-order valence-electron chi connectivity index (χ3n) is 5.02. The number of fused-ring (bicyclic) bond motifs is 1. The zero-order chi connectivity index (χ0) is 19.2. The second kappa shape index (κ2) is 8.75. The molecule has 144 valence electrons. The largest absolute Gasteiger partial charge is 0.484 e. The number of carbonyl (C=O) groups is 2. The van der Waals surface area contributed by atoms with Crippen LogP contribution < -0.4 is 4.74 Å². The predicted molar refractivity (Wildman–Crippen MR) is 106 cm³/mol. The van der Waals surface area contributed by atoms with Gasteiger partial charge in [-0.25, -0.2) is 4.79 Å². The molecule has 0 unspecified atom stereocenters. The van der Waals surface area contributed by atoms with Crippen LogP contribution in [0.2, 0.25) is 0 Å². The molecule has 6 nitrogen and oxygen atoms in total. The van der Waals surface area contributed by atoms with E-state index in [9.17, 15) is 9.59 Å². The van der Waals surface area contributed by atoms with Crippen molar-refractivity contribution in [3.05, 3.63) is 42.5 Å². The van der Waals surface area contributed by atoms with Crippen molar-refractivity contribution in [1.82, 2.24) is 14.7 Å². The lowest BCUT2D eigenvalue weighted by Gasteiger charge is -2.37. The van der Waals surface area contributed by atoms with Gasteiger partial charge >= 0.3 is 6.03 Å². The molecule has 0 atom stereocenters. The Morgan fingerprint density at radius 1 is 0.926 bits per heavy atom. The summed E-state index contributed by atoms with van der Waals surface area (Å²) in [5.41, 5.74) is 0. The fourth-order valence-electron chi connectivity index (χ4n) is 3.33. The Hall–Kier alpha value is -2.76. The van der Waals surface area contributed by atoms with Crippen LogP contribution in [0.5, 0.6) is 5.75 Å². The number of hydrogen-bond acceptors (Lipinski definition) is 3. The SMILES string of the molecule is CCN(CC)C(=O)N1CCN(C(=O)COc2ccc3ccccc3c2)CC1. The van der Waals surface area contributed by atoms with Gasteiger partial charge in [-0.15, -0.1) is 0 Å². The summed E-state index contributed by atoms with van der Waals surface area (Å²) in [5, 5.41) is 2.23. The van der Waals surface area contributed by atoms with E-state index in [0.29, 0.717) is 45.0 Å². The molecule has 0 bridgehead atoms. The lowest BCUT2D eigenvalue weighted by molar-refractivity contribution is -0.134. The van der Waals surface area contributed by atoms with Crippen molar-refractivity contribution < 1.29 is 14.3 Å². The Labute approximate surface area is 160 Å². The minimum absolute atomic E-state index is 0.0162. The highest BCUT2D eigenvalue weighted by atomic mass is 16.5. The molecule has 0 aliphatic carbocycles. The summed E-state index contributed by atoms with van der Waals surface area (Å²) in [6.07, 6.45) is 0. The second-order valence-corrected chi connectivity index (χ2v) is 6.62. The zero-order valence-electron chi connectivity index (χ0n) is 16.1. The molecule has 0 N–H and O–H groups in total. The summed E-state index contributed by atoms with van der Waals surface area (Å²) in [6, 6.07) is 13.9. The molecule has 0 radical (unpaired) electrons. The first-order valence-electron chi connectivity index (χ1n) is 9.55. The van der Waals surface area contributed by atoms with Crippen LogP contribution >= 0.6 is 0 Å². The second-order valence-electron chi connectivity index (χ2n) is 6.62. The molecule has 0 aromatic heterocycles. The van der Waals surface area contributed by atoms with Gasteiger partial charge in [0.1, 0.15) is 5.75 Å². The molecule has 3 rings (SSSR count). The molecule has 1 fully saturated rings. The van der Waals surface area contributed by atoms with Crippen LogP contribution in [0.25, 0.3) is 10.8 Å². The van der Waals surface area contributed by atoms with E-state index in [-0.39, 0.29) is 18.5 Å². The summed E-state index contributed by atoms with van der Waals surface area (Å²) >= 11 is 0. The Morgan fingerprint density at radius 2 is 1.56 bits per heavy atom. The molecule has 3 amide bonds. The molecule has 0 saturated carbocycles. The van der Waals surface area contributed by atoms with Crippen molar-refractivity contribution in [2.75, 3.05) is 45.9 Å². The van der Waals surface area contributed by atoms with E-state index in [1.54, 1.807) is 9.80 Å². The monoisotopic (exact) mass is 369 g/mol. The minimum atomic E-state index is -0.0434. The Kier molecular flexibility index (Phi) is 6.16. The van der Waals surface area contributed by atoms with E-state index in [4.69, 9.17) is 4.74 Å². The van der Waals surface area contributed by atoms with Gasteiger partial charge in [-0.2, -0.15) is 0 Å². The van der Waals surface area contributed by atoms with Crippen LogP contribution in [0, 0.1) is 0 Å². The van der Waals surface area contributed by atoms with Gasteiger partial charge in [0.05, 0.1) is 0 Å². The number of piperazine rings is 1. The lowest BCUT2D eigenvalue weighted by atomic mass is 10.1. The molecule has 27 heavy (non-hydrogen) atoms. The van der Waals surface area contributed by atoms with Crippen molar-refractivity contribution in [1.29, 1.82) is 0 Å². The summed E-state index contributed by atoms with van der Waals surface area (Å²) in [6.45, 7) is 7.61. The van der Waals surface area contributed by atoms with E-state index in [1.165, 1.54) is 0 Å². The molecule has 1 saturated heterocycles. The normalized spacial score (nSPS) is 14.3. The van der Waals surface area contributed by atoms with Crippen molar-refractivity contribution >= 4 is 22.7 Å². The van der Waals surface area contributed by atoms with Crippen LogP contribution in [0.3, 0.4) is 0 Å². The van der Waals surface area contributed by atoms with E-state index in [2.05, 4.69) is 0 Å². The Balaban J connectivity index is 1.50. The van der Waals surface area contributed by atoms with Gasteiger partial charge in [0.2, 0.25) is 0 Å². The van der Waals surface area contributed by atoms with E-state index < -0.39 is 0 Å². The Bertz CT molecular complexity index is 796.